The molecule has 5 nitrogen and oxygen atoms in total. The van der Waals surface area contributed by atoms with Gasteiger partial charge in [-0.2, -0.15) is 13.2 Å². The van der Waals surface area contributed by atoms with Crippen LogP contribution in [0.25, 0.3) is 0 Å². The zero-order valence-corrected chi connectivity index (χ0v) is 14.5. The number of amides is 1. The average molecular weight is 403 g/mol. The Labute approximate surface area is 152 Å². The van der Waals surface area contributed by atoms with Gasteiger partial charge < -0.3 is 4.74 Å². The molecule has 0 N–H and O–H groups in total. The van der Waals surface area contributed by atoms with Crippen LogP contribution in [0.2, 0.25) is 0 Å². The third-order valence-electron chi connectivity index (χ3n) is 3.90. The highest BCUT2D eigenvalue weighted by Gasteiger charge is 2.41. The minimum absolute atomic E-state index is 0.131. The van der Waals surface area contributed by atoms with Crippen LogP contribution < -0.4 is 4.74 Å². The molecule has 0 saturated carbocycles. The predicted octanol–water partition coefficient (Wildman–Crippen LogP) is 3.15. The molecule has 27 heavy (non-hydrogen) atoms. The quantitative estimate of drug-likeness (QED) is 0.720. The summed E-state index contributed by atoms with van der Waals surface area (Å²) in [5.74, 6) is -1.51. The van der Waals surface area contributed by atoms with Gasteiger partial charge in [-0.3, -0.25) is 4.79 Å². The molecule has 0 spiro atoms. The summed E-state index contributed by atoms with van der Waals surface area (Å²) in [5, 5.41) is 0. The maximum absolute atomic E-state index is 12.9. The topological polar surface area (TPSA) is 63.7 Å². The number of ether oxygens (including phenoxy) is 1. The Kier molecular flexibility index (Phi) is 4.85. The number of rotatable bonds is 5. The fraction of sp³-hybridized carbons (Fsp3) is 0.235. The molecule has 0 atom stereocenters. The molecule has 1 aliphatic heterocycles. The molecule has 0 bridgehead atoms. The predicted molar refractivity (Wildman–Crippen MR) is 86.3 cm³/mol. The maximum Gasteiger partial charge on any atom is 0.422 e. The normalized spacial score (nSPS) is 15.7. The van der Waals surface area contributed by atoms with Crippen LogP contribution >= 0.6 is 0 Å². The Bertz CT molecular complexity index is 971. The van der Waals surface area contributed by atoms with Crippen molar-refractivity contribution in [2.24, 2.45) is 0 Å². The van der Waals surface area contributed by atoms with E-state index in [1.54, 1.807) is 0 Å². The van der Waals surface area contributed by atoms with Gasteiger partial charge in [-0.1, -0.05) is 12.1 Å². The van der Waals surface area contributed by atoms with Crippen LogP contribution in [0, 0.1) is 5.82 Å². The molecule has 2 aromatic rings. The fourth-order valence-corrected chi connectivity index (χ4v) is 4.20. The molecule has 144 valence electrons. The molecule has 0 fully saturated rings. The van der Waals surface area contributed by atoms with Gasteiger partial charge in [-0.05, 0) is 36.2 Å². The van der Waals surface area contributed by atoms with E-state index in [1.807, 2.05) is 0 Å². The number of hydrogen-bond acceptors (Lipinski definition) is 4. The third kappa shape index (κ3) is 4.05. The van der Waals surface area contributed by atoms with Gasteiger partial charge >= 0.3 is 6.18 Å². The monoisotopic (exact) mass is 403 g/mol. The van der Waals surface area contributed by atoms with E-state index in [9.17, 15) is 30.8 Å². The highest BCUT2D eigenvalue weighted by atomic mass is 32.2. The molecule has 0 aromatic heterocycles. The highest BCUT2D eigenvalue weighted by molar-refractivity contribution is 7.90. The second-order valence-electron chi connectivity index (χ2n) is 5.82. The number of carbonyl (C=O) groups is 1. The number of sulfonamides is 1. The van der Waals surface area contributed by atoms with Gasteiger partial charge in [0.2, 0.25) is 0 Å². The van der Waals surface area contributed by atoms with E-state index in [4.69, 9.17) is 0 Å². The summed E-state index contributed by atoms with van der Waals surface area (Å²) in [4.78, 5) is 12.0. The minimum Gasteiger partial charge on any atom is -0.484 e. The number of nitrogens with zero attached hydrogens (tertiary/aromatic N) is 1. The lowest BCUT2D eigenvalue weighted by molar-refractivity contribution is -0.153. The number of carbonyl (C=O) groups excluding carboxylic acids is 1. The van der Waals surface area contributed by atoms with Gasteiger partial charge in [0.15, 0.2) is 6.61 Å². The first-order valence-electron chi connectivity index (χ1n) is 7.73. The van der Waals surface area contributed by atoms with Crippen LogP contribution in [0.3, 0.4) is 0 Å². The van der Waals surface area contributed by atoms with E-state index in [-0.39, 0.29) is 24.3 Å². The van der Waals surface area contributed by atoms with E-state index in [0.717, 1.165) is 18.2 Å². The number of hydrogen-bond donors (Lipinski definition) is 0. The van der Waals surface area contributed by atoms with Gasteiger partial charge in [-0.25, -0.2) is 17.1 Å². The summed E-state index contributed by atoms with van der Waals surface area (Å²) in [6.45, 7) is -1.76. The van der Waals surface area contributed by atoms with Gasteiger partial charge in [0.1, 0.15) is 16.5 Å². The van der Waals surface area contributed by atoms with Gasteiger partial charge in [0.25, 0.3) is 15.9 Å². The Morgan fingerprint density at radius 1 is 1.04 bits per heavy atom. The van der Waals surface area contributed by atoms with E-state index in [0.29, 0.717) is 9.87 Å². The first kappa shape index (κ1) is 19.2. The second kappa shape index (κ2) is 6.84. The summed E-state index contributed by atoms with van der Waals surface area (Å²) >= 11 is 0. The highest BCUT2D eigenvalue weighted by Crippen LogP contribution is 2.33. The van der Waals surface area contributed by atoms with Gasteiger partial charge in [-0.15, -0.1) is 0 Å². The average Bonchev–Trinajstić information content (AvgIpc) is 2.78. The lowest BCUT2D eigenvalue weighted by Crippen LogP contribution is -2.32. The van der Waals surface area contributed by atoms with Crippen molar-refractivity contribution in [1.82, 2.24) is 4.31 Å². The van der Waals surface area contributed by atoms with E-state index >= 15 is 0 Å². The van der Waals surface area contributed by atoms with E-state index in [2.05, 4.69) is 4.74 Å². The summed E-state index contributed by atoms with van der Waals surface area (Å²) in [6.07, 6.45) is -4.41. The molecule has 10 heteroatoms. The fourth-order valence-electron chi connectivity index (χ4n) is 2.61. The number of halogens is 4. The molecule has 0 aliphatic carbocycles. The van der Waals surface area contributed by atoms with Crippen molar-refractivity contribution in [2.45, 2.75) is 17.5 Å². The molecule has 1 aliphatic rings. The first-order valence-corrected chi connectivity index (χ1v) is 9.17. The standard InChI is InChI=1S/C17H13F4NO4S/c18-12-3-1-11(2-4-12)7-8-22-16(23)14-6-5-13(26-10-17(19,20)21)9-15(14)27(22,24)25/h1-6,9H,7-8,10H2. The molecular formula is C17H13F4NO4S. The molecule has 1 amide bonds. The van der Waals surface area contributed by atoms with Gasteiger partial charge in [0.05, 0.1) is 5.56 Å². The zero-order valence-electron chi connectivity index (χ0n) is 13.7. The zero-order chi connectivity index (χ0) is 19.8. The third-order valence-corrected chi connectivity index (χ3v) is 5.72. The lowest BCUT2D eigenvalue weighted by atomic mass is 10.1. The van der Waals surface area contributed by atoms with E-state index < -0.39 is 39.4 Å². The van der Waals surface area contributed by atoms with Gasteiger partial charge in [0, 0.05) is 12.6 Å². The Hall–Kier alpha value is -2.62. The van der Waals surface area contributed by atoms with Crippen molar-refractivity contribution in [2.75, 3.05) is 13.2 Å². The van der Waals surface area contributed by atoms with Crippen molar-refractivity contribution in [1.29, 1.82) is 0 Å². The van der Waals surface area contributed by atoms with Crippen LogP contribution in [0.1, 0.15) is 15.9 Å². The smallest absolute Gasteiger partial charge is 0.422 e. The molecule has 2 aromatic carbocycles. The lowest BCUT2D eigenvalue weighted by Gasteiger charge is -2.15. The molecule has 3 rings (SSSR count). The van der Waals surface area contributed by atoms with Crippen molar-refractivity contribution in [3.63, 3.8) is 0 Å². The minimum atomic E-state index is -4.57. The molecular weight excluding hydrogens is 390 g/mol. The molecule has 1 heterocycles. The Morgan fingerprint density at radius 3 is 2.33 bits per heavy atom. The maximum atomic E-state index is 12.9. The Balaban J connectivity index is 1.80. The van der Waals surface area contributed by atoms with Crippen molar-refractivity contribution < 1.29 is 35.5 Å². The summed E-state index contributed by atoms with van der Waals surface area (Å²) in [5.41, 5.74) is 0.498. The van der Waals surface area contributed by atoms with Crippen LogP contribution in [-0.2, 0) is 16.4 Å². The van der Waals surface area contributed by atoms with Crippen LogP contribution in [-0.4, -0.2) is 38.0 Å². The second-order valence-corrected chi connectivity index (χ2v) is 7.65. The summed E-state index contributed by atoms with van der Waals surface area (Å²) < 4.78 is 80.0. The van der Waals surface area contributed by atoms with Crippen molar-refractivity contribution >= 4 is 15.9 Å². The van der Waals surface area contributed by atoms with Crippen LogP contribution in [0.4, 0.5) is 17.6 Å². The molecule has 0 unspecified atom stereocenters. The summed E-state index contributed by atoms with van der Waals surface area (Å²) in [6, 6.07) is 8.52. The first-order chi connectivity index (χ1) is 12.6. The largest absolute Gasteiger partial charge is 0.484 e. The SMILES string of the molecule is O=C1c2ccc(OCC(F)(F)F)cc2S(=O)(=O)N1CCc1ccc(F)cc1. The Morgan fingerprint density at radius 2 is 1.70 bits per heavy atom. The molecule has 0 radical (unpaired) electrons. The van der Waals surface area contributed by atoms with Crippen LogP contribution in [0.15, 0.2) is 47.4 Å². The number of benzene rings is 2. The van der Waals surface area contributed by atoms with E-state index in [1.165, 1.54) is 24.3 Å². The van der Waals surface area contributed by atoms with Crippen molar-refractivity contribution in [3.8, 4) is 5.75 Å². The van der Waals surface area contributed by atoms with Crippen LogP contribution in [0.5, 0.6) is 5.75 Å². The number of fused-ring (bicyclic) bond motifs is 1. The molecule has 0 saturated heterocycles. The number of alkyl halides is 3. The van der Waals surface area contributed by atoms with Crippen molar-refractivity contribution in [3.05, 3.63) is 59.4 Å². The summed E-state index contributed by atoms with van der Waals surface area (Å²) in [7, 11) is -4.20.